The third-order valence-corrected chi connectivity index (χ3v) is 4.29. The van der Waals surface area contributed by atoms with Crippen molar-refractivity contribution >= 4 is 22.1 Å². The predicted octanol–water partition coefficient (Wildman–Crippen LogP) is 3.95. The van der Waals surface area contributed by atoms with Crippen molar-refractivity contribution in [1.82, 2.24) is 9.38 Å². The molecule has 0 bridgehead atoms. The first kappa shape index (κ1) is 14.8. The van der Waals surface area contributed by atoms with Crippen LogP contribution in [0, 0.1) is 5.92 Å². The molecular formula is C17H18N2O2S. The summed E-state index contributed by atoms with van der Waals surface area (Å²) in [6.45, 7) is 4.69. The largest absolute Gasteiger partial charge is 0.456 e. The molecule has 0 amide bonds. The molecule has 0 N–H and O–H groups in total. The molecule has 0 unspecified atom stereocenters. The fourth-order valence-corrected chi connectivity index (χ4v) is 3.16. The molecule has 5 heteroatoms. The van der Waals surface area contributed by atoms with Gasteiger partial charge in [0.05, 0.1) is 6.20 Å². The number of rotatable bonds is 5. The van der Waals surface area contributed by atoms with Crippen LogP contribution in [0.1, 0.15) is 35.5 Å². The third-order valence-electron chi connectivity index (χ3n) is 3.40. The van der Waals surface area contributed by atoms with Gasteiger partial charge in [0, 0.05) is 5.38 Å². The standard InChI is InChI=1S/C17H18N2O2S/c1-12(2)7-13-3-5-14(6-4-13)9-21-17(20)15-10-22-16-8-18-11-19(15)16/h3-6,8,10-12H,7,9H2,1-2H3. The van der Waals surface area contributed by atoms with E-state index >= 15 is 0 Å². The molecule has 0 aliphatic carbocycles. The van der Waals surface area contributed by atoms with Crippen molar-refractivity contribution in [3.05, 3.63) is 59.0 Å². The minimum Gasteiger partial charge on any atom is -0.456 e. The van der Waals surface area contributed by atoms with Gasteiger partial charge < -0.3 is 4.74 Å². The normalized spacial score (nSPS) is 11.2. The summed E-state index contributed by atoms with van der Waals surface area (Å²) in [6.07, 6.45) is 4.42. The van der Waals surface area contributed by atoms with E-state index in [0.717, 1.165) is 16.8 Å². The smallest absolute Gasteiger partial charge is 0.356 e. The number of aromatic nitrogens is 2. The molecule has 0 atom stereocenters. The average molecular weight is 314 g/mol. The number of benzene rings is 1. The zero-order valence-electron chi connectivity index (χ0n) is 12.7. The summed E-state index contributed by atoms with van der Waals surface area (Å²) in [7, 11) is 0. The minimum atomic E-state index is -0.324. The van der Waals surface area contributed by atoms with Crippen molar-refractivity contribution in [3.8, 4) is 0 Å². The van der Waals surface area contributed by atoms with Gasteiger partial charge >= 0.3 is 5.97 Å². The second kappa shape index (κ2) is 6.32. The highest BCUT2D eigenvalue weighted by molar-refractivity contribution is 7.15. The number of esters is 1. The molecule has 0 saturated carbocycles. The third kappa shape index (κ3) is 3.20. The Morgan fingerprint density at radius 2 is 2.00 bits per heavy atom. The molecule has 22 heavy (non-hydrogen) atoms. The summed E-state index contributed by atoms with van der Waals surface area (Å²) in [6, 6.07) is 8.24. The number of fused-ring (bicyclic) bond motifs is 1. The number of carbonyl (C=O) groups is 1. The molecule has 0 saturated heterocycles. The summed E-state index contributed by atoms with van der Waals surface area (Å²) >= 11 is 1.48. The van der Waals surface area contributed by atoms with E-state index < -0.39 is 0 Å². The second-order valence-electron chi connectivity index (χ2n) is 5.71. The molecule has 0 aliphatic heterocycles. The van der Waals surface area contributed by atoms with Gasteiger partial charge in [-0.05, 0) is 23.5 Å². The number of thiazole rings is 1. The molecule has 0 aliphatic rings. The van der Waals surface area contributed by atoms with Crippen LogP contribution >= 0.6 is 11.3 Å². The van der Waals surface area contributed by atoms with Gasteiger partial charge in [-0.15, -0.1) is 11.3 Å². The molecule has 0 spiro atoms. The quantitative estimate of drug-likeness (QED) is 0.670. The molecule has 3 aromatic rings. The van der Waals surface area contributed by atoms with Gasteiger partial charge in [-0.1, -0.05) is 38.1 Å². The van der Waals surface area contributed by atoms with Gasteiger partial charge in [-0.2, -0.15) is 0 Å². The topological polar surface area (TPSA) is 43.6 Å². The second-order valence-corrected chi connectivity index (χ2v) is 6.60. The molecule has 2 aromatic heterocycles. The van der Waals surface area contributed by atoms with Crippen LogP contribution in [0.25, 0.3) is 4.83 Å². The van der Waals surface area contributed by atoms with Crippen LogP contribution in [-0.2, 0) is 17.8 Å². The summed E-state index contributed by atoms with van der Waals surface area (Å²) in [5.41, 5.74) is 2.83. The van der Waals surface area contributed by atoms with Crippen LogP contribution in [0.15, 0.2) is 42.2 Å². The highest BCUT2D eigenvalue weighted by Crippen LogP contribution is 2.17. The number of carbonyl (C=O) groups excluding carboxylic acids is 1. The molecule has 0 radical (unpaired) electrons. The summed E-state index contributed by atoms with van der Waals surface area (Å²) in [4.78, 5) is 17.1. The average Bonchev–Trinajstić information content (AvgIpc) is 3.08. The Hall–Kier alpha value is -2.14. The van der Waals surface area contributed by atoms with Crippen molar-refractivity contribution in [2.45, 2.75) is 26.9 Å². The molecule has 0 fully saturated rings. The molecule has 2 heterocycles. The monoisotopic (exact) mass is 314 g/mol. The van der Waals surface area contributed by atoms with Crippen LogP contribution in [0.2, 0.25) is 0 Å². The van der Waals surface area contributed by atoms with Gasteiger partial charge in [0.2, 0.25) is 0 Å². The van der Waals surface area contributed by atoms with E-state index in [1.54, 1.807) is 22.3 Å². The van der Waals surface area contributed by atoms with E-state index in [4.69, 9.17) is 4.74 Å². The Labute approximate surface area is 133 Å². The minimum absolute atomic E-state index is 0.285. The number of hydrogen-bond acceptors (Lipinski definition) is 4. The molecule has 3 rings (SSSR count). The maximum atomic E-state index is 12.1. The SMILES string of the molecule is CC(C)Cc1ccc(COC(=O)c2csc3cncn23)cc1. The number of imidazole rings is 1. The maximum Gasteiger partial charge on any atom is 0.356 e. The lowest BCUT2D eigenvalue weighted by molar-refractivity contribution is 0.0465. The maximum absolute atomic E-state index is 12.1. The van der Waals surface area contributed by atoms with Crippen LogP contribution in [0.3, 0.4) is 0 Å². The first-order chi connectivity index (χ1) is 10.6. The zero-order valence-corrected chi connectivity index (χ0v) is 13.5. The van der Waals surface area contributed by atoms with Gasteiger partial charge in [0.25, 0.3) is 0 Å². The van der Waals surface area contributed by atoms with Gasteiger partial charge in [-0.25, -0.2) is 9.78 Å². The van der Waals surface area contributed by atoms with Crippen LogP contribution < -0.4 is 0 Å². The van der Waals surface area contributed by atoms with Crippen molar-refractivity contribution in [2.75, 3.05) is 0 Å². The Balaban J connectivity index is 1.62. The number of ether oxygens (including phenoxy) is 1. The number of hydrogen-bond donors (Lipinski definition) is 0. The van der Waals surface area contributed by atoms with E-state index in [0.29, 0.717) is 11.6 Å². The molecule has 1 aromatic carbocycles. The summed E-state index contributed by atoms with van der Waals surface area (Å²) < 4.78 is 7.14. The van der Waals surface area contributed by atoms with Gasteiger partial charge in [0.1, 0.15) is 23.5 Å². The summed E-state index contributed by atoms with van der Waals surface area (Å²) in [5, 5.41) is 1.80. The lowest BCUT2D eigenvalue weighted by Gasteiger charge is -2.07. The first-order valence-electron chi connectivity index (χ1n) is 7.28. The highest BCUT2D eigenvalue weighted by atomic mass is 32.1. The fourth-order valence-electron chi connectivity index (χ4n) is 2.34. The Morgan fingerprint density at radius 1 is 1.27 bits per heavy atom. The summed E-state index contributed by atoms with van der Waals surface area (Å²) in [5.74, 6) is 0.315. The molecule has 114 valence electrons. The van der Waals surface area contributed by atoms with E-state index in [-0.39, 0.29) is 12.6 Å². The number of nitrogens with zero attached hydrogens (tertiary/aromatic N) is 2. The Morgan fingerprint density at radius 3 is 2.73 bits per heavy atom. The van der Waals surface area contributed by atoms with Gasteiger partial charge in [-0.3, -0.25) is 4.40 Å². The highest BCUT2D eigenvalue weighted by Gasteiger charge is 2.13. The van der Waals surface area contributed by atoms with Crippen molar-refractivity contribution in [1.29, 1.82) is 0 Å². The molecule has 4 nitrogen and oxygen atoms in total. The van der Waals surface area contributed by atoms with Crippen LogP contribution in [-0.4, -0.2) is 15.4 Å². The van der Waals surface area contributed by atoms with Crippen LogP contribution in [0.5, 0.6) is 0 Å². The fraction of sp³-hybridized carbons (Fsp3) is 0.294. The van der Waals surface area contributed by atoms with E-state index in [9.17, 15) is 4.79 Å². The van der Waals surface area contributed by atoms with E-state index in [1.165, 1.54) is 16.9 Å². The van der Waals surface area contributed by atoms with Gasteiger partial charge in [0.15, 0.2) is 0 Å². The molecular weight excluding hydrogens is 296 g/mol. The lowest BCUT2D eigenvalue weighted by Crippen LogP contribution is -2.07. The van der Waals surface area contributed by atoms with E-state index in [2.05, 4.69) is 31.0 Å². The lowest BCUT2D eigenvalue weighted by atomic mass is 10.0. The Kier molecular flexibility index (Phi) is 4.24. The van der Waals surface area contributed by atoms with Crippen molar-refractivity contribution in [3.63, 3.8) is 0 Å². The predicted molar refractivity (Wildman–Crippen MR) is 87.2 cm³/mol. The van der Waals surface area contributed by atoms with E-state index in [1.807, 2.05) is 12.1 Å². The van der Waals surface area contributed by atoms with Crippen LogP contribution in [0.4, 0.5) is 0 Å². The first-order valence-corrected chi connectivity index (χ1v) is 8.16. The van der Waals surface area contributed by atoms with Crippen molar-refractivity contribution in [2.24, 2.45) is 5.92 Å². The Bertz CT molecular complexity index is 771. The van der Waals surface area contributed by atoms with Crippen molar-refractivity contribution < 1.29 is 9.53 Å². The zero-order chi connectivity index (χ0) is 15.5.